The molecule has 0 saturated heterocycles. The van der Waals surface area contributed by atoms with Crippen LogP contribution in [0, 0.1) is 0 Å². The number of para-hydroxylation sites is 1. The van der Waals surface area contributed by atoms with Crippen LogP contribution in [0.2, 0.25) is 0 Å². The Morgan fingerprint density at radius 3 is 2.25 bits per heavy atom. The number of fused-ring (bicyclic) bond motifs is 1. The van der Waals surface area contributed by atoms with Gasteiger partial charge in [-0.15, -0.1) is 0 Å². The lowest BCUT2D eigenvalue weighted by atomic mass is 9.93. The zero-order valence-corrected chi connectivity index (χ0v) is 16.2. The van der Waals surface area contributed by atoms with Gasteiger partial charge in [0.25, 0.3) is 0 Å². The van der Waals surface area contributed by atoms with Crippen molar-refractivity contribution in [2.45, 2.75) is 26.2 Å². The van der Waals surface area contributed by atoms with Gasteiger partial charge in [0.15, 0.2) is 0 Å². The van der Waals surface area contributed by atoms with Crippen LogP contribution in [0.5, 0.6) is 5.88 Å². The van der Waals surface area contributed by atoms with Gasteiger partial charge in [-0.2, -0.15) is 5.10 Å². The predicted molar refractivity (Wildman–Crippen MR) is 111 cm³/mol. The minimum atomic E-state index is -0.400. The highest BCUT2D eigenvalue weighted by Crippen LogP contribution is 2.28. The Kier molecular flexibility index (Phi) is 4.47. The Labute approximate surface area is 164 Å². The summed E-state index contributed by atoms with van der Waals surface area (Å²) < 4.78 is 7.45. The lowest BCUT2D eigenvalue weighted by Gasteiger charge is -2.13. The van der Waals surface area contributed by atoms with Gasteiger partial charge in [-0.05, 0) is 35.0 Å². The molecule has 3 aromatic carbocycles. The first kappa shape index (κ1) is 18.0. The van der Waals surface area contributed by atoms with Crippen LogP contribution in [0.3, 0.4) is 0 Å². The summed E-state index contributed by atoms with van der Waals surface area (Å²) in [6.45, 7) is 6.25. The fourth-order valence-corrected chi connectivity index (χ4v) is 3.03. The third-order valence-corrected chi connectivity index (χ3v) is 4.63. The van der Waals surface area contributed by atoms with Crippen molar-refractivity contribution in [3.05, 3.63) is 90.1 Å². The number of hydrogen-bond donors (Lipinski definition) is 0. The van der Waals surface area contributed by atoms with Crippen LogP contribution in [0.4, 0.5) is 0 Å². The summed E-state index contributed by atoms with van der Waals surface area (Å²) in [6.07, 6.45) is 0. The Morgan fingerprint density at radius 1 is 0.857 bits per heavy atom. The van der Waals surface area contributed by atoms with Crippen LogP contribution >= 0.6 is 0 Å². The van der Waals surface area contributed by atoms with Gasteiger partial charge in [0.2, 0.25) is 5.88 Å². The summed E-state index contributed by atoms with van der Waals surface area (Å²) in [7, 11) is 0. The molecule has 0 aliphatic heterocycles. The number of hydrogen-bond acceptors (Lipinski definition) is 3. The van der Waals surface area contributed by atoms with Crippen LogP contribution < -0.4 is 4.74 Å². The molecule has 4 heteroatoms. The van der Waals surface area contributed by atoms with Gasteiger partial charge in [0, 0.05) is 11.5 Å². The molecule has 0 aliphatic carbocycles. The Bertz CT molecular complexity index is 1140. The third kappa shape index (κ3) is 3.54. The van der Waals surface area contributed by atoms with Crippen molar-refractivity contribution in [2.75, 3.05) is 0 Å². The Hall–Kier alpha value is -3.40. The summed E-state index contributed by atoms with van der Waals surface area (Å²) in [6, 6.07) is 25.0. The number of esters is 1. The number of ether oxygens (including phenoxy) is 1. The first-order chi connectivity index (χ1) is 13.4. The average molecular weight is 370 g/mol. The van der Waals surface area contributed by atoms with Crippen molar-refractivity contribution in [3.63, 3.8) is 0 Å². The maximum absolute atomic E-state index is 12.8. The minimum absolute atomic E-state index is 0.163. The summed E-state index contributed by atoms with van der Waals surface area (Å²) in [5.74, 6) is 0.0116. The van der Waals surface area contributed by atoms with E-state index in [1.54, 1.807) is 10.7 Å². The highest BCUT2D eigenvalue weighted by molar-refractivity contribution is 5.96. The second kappa shape index (κ2) is 6.97. The molecule has 0 unspecified atom stereocenters. The monoisotopic (exact) mass is 370 g/mol. The molecule has 0 fully saturated rings. The molecule has 1 aromatic heterocycles. The van der Waals surface area contributed by atoms with E-state index in [2.05, 4.69) is 25.9 Å². The Morgan fingerprint density at radius 2 is 1.54 bits per heavy atom. The SMILES string of the molecule is CC(C)(C)c1cc(OC(=O)c2ccc3ccccc3c2)n(-c2ccccc2)n1. The lowest BCUT2D eigenvalue weighted by Crippen LogP contribution is -2.13. The molecule has 140 valence electrons. The van der Waals surface area contributed by atoms with Crippen molar-refractivity contribution < 1.29 is 9.53 Å². The third-order valence-electron chi connectivity index (χ3n) is 4.63. The number of rotatable bonds is 3. The van der Waals surface area contributed by atoms with Gasteiger partial charge >= 0.3 is 5.97 Å². The molecule has 0 atom stereocenters. The molecule has 0 spiro atoms. The molecule has 4 aromatic rings. The number of benzene rings is 3. The van der Waals surface area contributed by atoms with Crippen molar-refractivity contribution in [1.29, 1.82) is 0 Å². The van der Waals surface area contributed by atoms with Crippen LogP contribution in [0.25, 0.3) is 16.5 Å². The zero-order chi connectivity index (χ0) is 19.7. The van der Waals surface area contributed by atoms with E-state index in [1.807, 2.05) is 72.8 Å². The molecular formula is C24H22N2O2. The van der Waals surface area contributed by atoms with E-state index >= 15 is 0 Å². The summed E-state index contributed by atoms with van der Waals surface area (Å²) in [5.41, 5.74) is 2.05. The normalized spacial score (nSPS) is 11.5. The predicted octanol–water partition coefficient (Wildman–Crippen LogP) is 5.54. The maximum atomic E-state index is 12.8. The fraction of sp³-hybridized carbons (Fsp3) is 0.167. The molecule has 28 heavy (non-hydrogen) atoms. The van der Waals surface area contributed by atoms with E-state index in [4.69, 9.17) is 4.74 Å². The minimum Gasteiger partial charge on any atom is -0.404 e. The van der Waals surface area contributed by atoms with E-state index < -0.39 is 5.97 Å². The number of nitrogens with zero attached hydrogens (tertiary/aromatic N) is 2. The molecular weight excluding hydrogens is 348 g/mol. The van der Waals surface area contributed by atoms with Crippen LogP contribution in [0.1, 0.15) is 36.8 Å². The van der Waals surface area contributed by atoms with Crippen molar-refractivity contribution in [2.24, 2.45) is 0 Å². The van der Waals surface area contributed by atoms with Gasteiger partial charge in [0.05, 0.1) is 16.9 Å². The number of aromatic nitrogens is 2. The van der Waals surface area contributed by atoms with E-state index in [1.165, 1.54) is 0 Å². The number of carbonyl (C=O) groups excluding carboxylic acids is 1. The van der Waals surface area contributed by atoms with Gasteiger partial charge in [-0.25, -0.2) is 9.48 Å². The van der Waals surface area contributed by atoms with Crippen molar-refractivity contribution >= 4 is 16.7 Å². The molecule has 4 rings (SSSR count). The largest absolute Gasteiger partial charge is 0.404 e. The number of carbonyl (C=O) groups is 1. The summed E-state index contributed by atoms with van der Waals surface area (Å²) in [5, 5.41) is 6.78. The van der Waals surface area contributed by atoms with Gasteiger partial charge in [-0.1, -0.05) is 69.3 Å². The summed E-state index contributed by atoms with van der Waals surface area (Å²) in [4.78, 5) is 12.8. The van der Waals surface area contributed by atoms with E-state index in [9.17, 15) is 4.79 Å². The van der Waals surface area contributed by atoms with Crippen molar-refractivity contribution in [3.8, 4) is 11.6 Å². The molecule has 4 nitrogen and oxygen atoms in total. The van der Waals surface area contributed by atoms with E-state index in [-0.39, 0.29) is 5.41 Å². The molecule has 1 heterocycles. The topological polar surface area (TPSA) is 44.1 Å². The standard InChI is InChI=1S/C24H22N2O2/c1-24(2,3)21-16-22(26(25-21)20-11-5-4-6-12-20)28-23(27)19-14-13-17-9-7-8-10-18(17)15-19/h4-16H,1-3H3. The average Bonchev–Trinajstić information content (AvgIpc) is 3.12. The first-order valence-electron chi connectivity index (χ1n) is 9.29. The second-order valence-electron chi connectivity index (χ2n) is 7.82. The first-order valence-corrected chi connectivity index (χ1v) is 9.29. The highest BCUT2D eigenvalue weighted by Gasteiger charge is 2.23. The molecule has 0 saturated carbocycles. The van der Waals surface area contributed by atoms with E-state index in [0.29, 0.717) is 11.4 Å². The van der Waals surface area contributed by atoms with Crippen LogP contribution in [0.15, 0.2) is 78.9 Å². The highest BCUT2D eigenvalue weighted by atomic mass is 16.5. The summed E-state index contributed by atoms with van der Waals surface area (Å²) >= 11 is 0. The van der Waals surface area contributed by atoms with Crippen LogP contribution in [-0.4, -0.2) is 15.7 Å². The molecule has 0 radical (unpaired) electrons. The van der Waals surface area contributed by atoms with Crippen LogP contribution in [-0.2, 0) is 5.41 Å². The van der Waals surface area contributed by atoms with Gasteiger partial charge < -0.3 is 4.74 Å². The molecule has 0 aliphatic rings. The molecule has 0 bridgehead atoms. The molecule has 0 N–H and O–H groups in total. The van der Waals surface area contributed by atoms with Gasteiger partial charge in [0.1, 0.15) is 0 Å². The smallest absolute Gasteiger partial charge is 0.344 e. The second-order valence-corrected chi connectivity index (χ2v) is 7.82. The van der Waals surface area contributed by atoms with Crippen molar-refractivity contribution in [1.82, 2.24) is 9.78 Å². The quantitative estimate of drug-likeness (QED) is 0.445. The zero-order valence-electron chi connectivity index (χ0n) is 16.2. The molecule has 0 amide bonds. The lowest BCUT2D eigenvalue weighted by molar-refractivity contribution is 0.0723. The van der Waals surface area contributed by atoms with E-state index in [0.717, 1.165) is 22.2 Å². The Balaban J connectivity index is 1.71. The maximum Gasteiger partial charge on any atom is 0.344 e. The fourth-order valence-electron chi connectivity index (χ4n) is 3.03. The van der Waals surface area contributed by atoms with Gasteiger partial charge in [-0.3, -0.25) is 0 Å².